The Labute approximate surface area is 293 Å². The van der Waals surface area contributed by atoms with Crippen LogP contribution in [0.4, 0.5) is 23.5 Å². The Kier molecular flexibility index (Phi) is 17.8. The summed E-state index contributed by atoms with van der Waals surface area (Å²) in [6.45, 7) is 6.00. The lowest BCUT2D eigenvalue weighted by Gasteiger charge is -2.12. The number of methoxy groups -OCH3 is 1. The molecule has 0 saturated heterocycles. The van der Waals surface area contributed by atoms with Gasteiger partial charge in [-0.25, -0.2) is 0 Å². The van der Waals surface area contributed by atoms with Crippen LogP contribution < -0.4 is 26.0 Å². The summed E-state index contributed by atoms with van der Waals surface area (Å²) >= 11 is 0. The van der Waals surface area contributed by atoms with Crippen LogP contribution in [0.3, 0.4) is 0 Å². The summed E-state index contributed by atoms with van der Waals surface area (Å²) in [5.41, 5.74) is 2.51. The van der Waals surface area contributed by atoms with E-state index in [-0.39, 0.29) is 5.91 Å². The minimum Gasteiger partial charge on any atom is -0.489 e. The summed E-state index contributed by atoms with van der Waals surface area (Å²) in [4.78, 5) is 25.6. The smallest absolute Gasteiger partial charge is 0.251 e. The molecule has 1 aromatic heterocycles. The first-order chi connectivity index (χ1) is 24.7. The monoisotopic (exact) mass is 689 g/mol. The summed E-state index contributed by atoms with van der Waals surface area (Å²) in [5.74, 6) is 1.77. The van der Waals surface area contributed by atoms with Crippen LogP contribution in [-0.2, 0) is 30.3 Å². The molecule has 0 aliphatic heterocycles. The topological polar surface area (TPSA) is 159 Å². The molecule has 4 rings (SSSR count). The molecular weight excluding hydrogens is 642 g/mol. The quantitative estimate of drug-likeness (QED) is 0.0697. The predicted molar refractivity (Wildman–Crippen MR) is 191 cm³/mol. The van der Waals surface area contributed by atoms with E-state index in [0.717, 1.165) is 17.0 Å². The van der Waals surface area contributed by atoms with Crippen molar-refractivity contribution in [2.75, 3.05) is 102 Å². The maximum atomic E-state index is 12.1. The van der Waals surface area contributed by atoms with Crippen molar-refractivity contribution in [2.24, 2.45) is 0 Å². The summed E-state index contributed by atoms with van der Waals surface area (Å²) in [6.07, 6.45) is 0. The van der Waals surface area contributed by atoms with Crippen molar-refractivity contribution in [1.82, 2.24) is 20.3 Å². The lowest BCUT2D eigenvalue weighted by Crippen LogP contribution is -2.27. The molecule has 1 amide bonds. The van der Waals surface area contributed by atoms with E-state index in [9.17, 15) is 4.79 Å². The Morgan fingerprint density at radius 2 is 1.10 bits per heavy atom. The number of hydrogen-bond acceptors (Lipinski definition) is 13. The van der Waals surface area contributed by atoms with Crippen LogP contribution in [0.2, 0.25) is 0 Å². The highest BCUT2D eigenvalue weighted by Crippen LogP contribution is 2.20. The van der Waals surface area contributed by atoms with E-state index in [4.69, 9.17) is 28.4 Å². The third-order valence-electron chi connectivity index (χ3n) is 6.80. The Balaban J connectivity index is 1.19. The number of nitrogens with zero attached hydrogens (tertiary/aromatic N) is 3. The number of rotatable bonds is 26. The molecule has 0 radical (unpaired) electrons. The van der Waals surface area contributed by atoms with Crippen molar-refractivity contribution < 1.29 is 33.2 Å². The molecule has 0 atom stereocenters. The van der Waals surface area contributed by atoms with E-state index in [1.807, 2.05) is 72.8 Å². The van der Waals surface area contributed by atoms with Gasteiger partial charge >= 0.3 is 0 Å². The average molecular weight is 690 g/mol. The molecule has 0 unspecified atom stereocenters. The number of aromatic nitrogens is 3. The SMILES string of the molecule is COCCOCCOCCNc1nc(NCCOCCOCCNC(=O)c2ccccc2)nc(Nc2ccc(OCc3ccccc3)cc2)n1. The zero-order valence-corrected chi connectivity index (χ0v) is 28.5. The first kappa shape index (κ1) is 38.0. The van der Waals surface area contributed by atoms with Crippen LogP contribution in [0.15, 0.2) is 84.9 Å². The van der Waals surface area contributed by atoms with Crippen molar-refractivity contribution in [3.8, 4) is 5.75 Å². The highest BCUT2D eigenvalue weighted by Gasteiger charge is 2.08. The average Bonchev–Trinajstić information content (AvgIpc) is 3.15. The van der Waals surface area contributed by atoms with Gasteiger partial charge in [0.25, 0.3) is 5.91 Å². The van der Waals surface area contributed by atoms with Crippen LogP contribution >= 0.6 is 0 Å². The fraction of sp³-hybridized carbons (Fsp3) is 0.389. The first-order valence-electron chi connectivity index (χ1n) is 16.6. The Hall–Kier alpha value is -4.86. The maximum absolute atomic E-state index is 12.1. The van der Waals surface area contributed by atoms with Gasteiger partial charge in [0.2, 0.25) is 17.8 Å². The van der Waals surface area contributed by atoms with Crippen molar-refractivity contribution in [3.05, 3.63) is 96.1 Å². The van der Waals surface area contributed by atoms with E-state index in [0.29, 0.717) is 109 Å². The molecule has 0 fully saturated rings. The molecule has 0 aliphatic rings. The molecule has 14 heteroatoms. The predicted octanol–water partition coefficient (Wildman–Crippen LogP) is 4.16. The summed E-state index contributed by atoms with van der Waals surface area (Å²) < 4.78 is 33.1. The van der Waals surface area contributed by atoms with Gasteiger partial charge in [-0.1, -0.05) is 48.5 Å². The molecule has 0 aliphatic carbocycles. The molecule has 3 aromatic carbocycles. The Bertz CT molecular complexity index is 1490. The molecule has 0 spiro atoms. The van der Waals surface area contributed by atoms with E-state index in [1.165, 1.54) is 0 Å². The second-order valence-corrected chi connectivity index (χ2v) is 10.6. The van der Waals surface area contributed by atoms with Gasteiger partial charge in [-0.3, -0.25) is 4.79 Å². The minimum atomic E-state index is -0.124. The highest BCUT2D eigenvalue weighted by molar-refractivity contribution is 5.94. The summed E-state index contributed by atoms with van der Waals surface area (Å²) in [5, 5.41) is 12.5. The van der Waals surface area contributed by atoms with E-state index in [2.05, 4.69) is 36.2 Å². The molecule has 0 saturated carbocycles. The summed E-state index contributed by atoms with van der Waals surface area (Å²) in [7, 11) is 1.64. The van der Waals surface area contributed by atoms with E-state index in [1.54, 1.807) is 19.2 Å². The van der Waals surface area contributed by atoms with Crippen LogP contribution in [0.5, 0.6) is 5.75 Å². The molecular formula is C36H47N7O7. The van der Waals surface area contributed by atoms with E-state index >= 15 is 0 Å². The zero-order chi connectivity index (χ0) is 34.9. The highest BCUT2D eigenvalue weighted by atomic mass is 16.5. The van der Waals surface area contributed by atoms with Gasteiger partial charge in [0, 0.05) is 38.0 Å². The normalized spacial score (nSPS) is 10.8. The van der Waals surface area contributed by atoms with Gasteiger partial charge in [-0.15, -0.1) is 0 Å². The number of anilines is 4. The first-order valence-corrected chi connectivity index (χ1v) is 16.6. The fourth-order valence-corrected chi connectivity index (χ4v) is 4.28. The number of benzene rings is 3. The number of carbonyl (C=O) groups is 1. The minimum absolute atomic E-state index is 0.124. The lowest BCUT2D eigenvalue weighted by atomic mass is 10.2. The van der Waals surface area contributed by atoms with Gasteiger partial charge in [0.05, 0.1) is 59.5 Å². The molecule has 0 bridgehead atoms. The molecule has 50 heavy (non-hydrogen) atoms. The van der Waals surface area contributed by atoms with Crippen molar-refractivity contribution in [3.63, 3.8) is 0 Å². The Morgan fingerprint density at radius 1 is 0.580 bits per heavy atom. The fourth-order valence-electron chi connectivity index (χ4n) is 4.28. The van der Waals surface area contributed by atoms with Crippen LogP contribution in [0.1, 0.15) is 15.9 Å². The van der Waals surface area contributed by atoms with Gasteiger partial charge in [-0.05, 0) is 42.0 Å². The van der Waals surface area contributed by atoms with Crippen LogP contribution in [0.25, 0.3) is 0 Å². The van der Waals surface area contributed by atoms with E-state index < -0.39 is 0 Å². The Morgan fingerprint density at radius 3 is 1.70 bits per heavy atom. The molecule has 268 valence electrons. The second-order valence-electron chi connectivity index (χ2n) is 10.6. The van der Waals surface area contributed by atoms with Gasteiger partial charge < -0.3 is 49.7 Å². The van der Waals surface area contributed by atoms with Crippen LogP contribution in [-0.4, -0.2) is 107 Å². The number of ether oxygens (including phenoxy) is 6. The third kappa shape index (κ3) is 15.6. The van der Waals surface area contributed by atoms with Gasteiger partial charge in [0.1, 0.15) is 12.4 Å². The van der Waals surface area contributed by atoms with Gasteiger partial charge in [0.15, 0.2) is 0 Å². The molecule has 1 heterocycles. The van der Waals surface area contributed by atoms with Gasteiger partial charge in [-0.2, -0.15) is 15.0 Å². The number of nitrogens with one attached hydrogen (secondary N) is 4. The van der Waals surface area contributed by atoms with Crippen molar-refractivity contribution in [1.29, 1.82) is 0 Å². The molecule has 4 N–H and O–H groups in total. The standard InChI is InChI=1S/C36H47N7O7/c1-45-22-23-49-27-26-48-21-18-39-35-41-34(38-17-20-47-25-24-46-19-16-37-33(44)30-10-6-3-7-11-30)42-36(43-35)40-31-12-14-32(15-13-31)50-28-29-8-4-2-5-9-29/h2-15H,16-28H2,1H3,(H,37,44)(H3,38,39,40,41,42,43). The van der Waals surface area contributed by atoms with Crippen molar-refractivity contribution >= 4 is 29.4 Å². The van der Waals surface area contributed by atoms with Crippen LogP contribution in [0, 0.1) is 0 Å². The maximum Gasteiger partial charge on any atom is 0.251 e. The number of hydrogen-bond donors (Lipinski definition) is 4. The number of amides is 1. The summed E-state index contributed by atoms with van der Waals surface area (Å²) in [6, 6.07) is 26.7. The lowest BCUT2D eigenvalue weighted by molar-refractivity contribution is 0.0272. The molecule has 4 aromatic rings. The molecule has 14 nitrogen and oxygen atoms in total. The largest absolute Gasteiger partial charge is 0.489 e. The number of carbonyl (C=O) groups excluding carboxylic acids is 1. The van der Waals surface area contributed by atoms with Crippen molar-refractivity contribution in [2.45, 2.75) is 6.61 Å². The second kappa shape index (κ2) is 23.5. The third-order valence-corrected chi connectivity index (χ3v) is 6.80. The zero-order valence-electron chi connectivity index (χ0n) is 28.5.